The van der Waals surface area contributed by atoms with Crippen LogP contribution in [0.15, 0.2) is 24.3 Å². The van der Waals surface area contributed by atoms with Crippen molar-refractivity contribution >= 4 is 0 Å². The molecule has 3 heteroatoms. The normalized spacial score (nSPS) is 26.7. The molecule has 1 atom stereocenters. The van der Waals surface area contributed by atoms with E-state index in [0.717, 1.165) is 18.8 Å². The Bertz CT molecular complexity index is 438. The van der Waals surface area contributed by atoms with Gasteiger partial charge in [-0.1, -0.05) is 18.2 Å². The van der Waals surface area contributed by atoms with Crippen molar-refractivity contribution in [2.45, 2.75) is 18.8 Å². The van der Waals surface area contributed by atoms with Gasteiger partial charge in [0.05, 0.1) is 7.11 Å². The Labute approximate surface area is 115 Å². The van der Waals surface area contributed by atoms with E-state index in [9.17, 15) is 0 Å². The summed E-state index contributed by atoms with van der Waals surface area (Å²) in [5.41, 5.74) is 1.82. The third-order valence-corrected chi connectivity index (χ3v) is 5.06. The lowest BCUT2D eigenvalue weighted by Crippen LogP contribution is -2.41. The quantitative estimate of drug-likeness (QED) is 0.881. The Kier molecular flexibility index (Phi) is 3.50. The van der Waals surface area contributed by atoms with Gasteiger partial charge in [-0.05, 0) is 50.0 Å². The van der Waals surface area contributed by atoms with Crippen LogP contribution in [0.25, 0.3) is 0 Å². The van der Waals surface area contributed by atoms with E-state index in [1.54, 1.807) is 7.11 Å². The standard InChI is InChI=1S/C16H24N2O/c1-18-9-7-16(8-10-18)12-17-11-14(16)13-5-3-4-6-15(13)19-2/h3-6,14,17H,7-12H2,1-2H3. The largest absolute Gasteiger partial charge is 0.496 e. The van der Waals surface area contributed by atoms with Crippen LogP contribution in [0.4, 0.5) is 0 Å². The van der Waals surface area contributed by atoms with Gasteiger partial charge < -0.3 is 15.0 Å². The molecule has 3 nitrogen and oxygen atoms in total. The zero-order valence-electron chi connectivity index (χ0n) is 12.0. The Hall–Kier alpha value is -1.06. The summed E-state index contributed by atoms with van der Waals surface area (Å²) in [6.07, 6.45) is 2.58. The van der Waals surface area contributed by atoms with Gasteiger partial charge in [0.15, 0.2) is 0 Å². The summed E-state index contributed by atoms with van der Waals surface area (Å²) in [7, 11) is 4.01. The average molecular weight is 260 g/mol. The van der Waals surface area contributed by atoms with Crippen LogP contribution in [-0.2, 0) is 0 Å². The highest BCUT2D eigenvalue weighted by molar-refractivity contribution is 5.39. The van der Waals surface area contributed by atoms with Crippen LogP contribution < -0.4 is 10.1 Å². The smallest absolute Gasteiger partial charge is 0.122 e. The third-order valence-electron chi connectivity index (χ3n) is 5.06. The number of hydrogen-bond acceptors (Lipinski definition) is 3. The van der Waals surface area contributed by atoms with Crippen LogP contribution in [-0.4, -0.2) is 45.2 Å². The molecule has 2 heterocycles. The summed E-state index contributed by atoms with van der Waals surface area (Å²) in [5, 5.41) is 3.62. The van der Waals surface area contributed by atoms with Gasteiger partial charge >= 0.3 is 0 Å². The van der Waals surface area contributed by atoms with Crippen molar-refractivity contribution in [2.75, 3.05) is 40.3 Å². The number of para-hydroxylation sites is 1. The molecule has 2 aliphatic rings. The van der Waals surface area contributed by atoms with Gasteiger partial charge in [-0.2, -0.15) is 0 Å². The van der Waals surface area contributed by atoms with Crippen LogP contribution in [0, 0.1) is 5.41 Å². The molecule has 1 unspecified atom stereocenters. The first kappa shape index (κ1) is 12.9. The van der Waals surface area contributed by atoms with E-state index < -0.39 is 0 Å². The highest BCUT2D eigenvalue weighted by atomic mass is 16.5. The van der Waals surface area contributed by atoms with Crippen LogP contribution in [0.3, 0.4) is 0 Å². The van der Waals surface area contributed by atoms with E-state index in [0.29, 0.717) is 11.3 Å². The van der Waals surface area contributed by atoms with Crippen LogP contribution in [0.2, 0.25) is 0 Å². The fraction of sp³-hybridized carbons (Fsp3) is 0.625. The lowest BCUT2D eigenvalue weighted by atomic mass is 9.68. The van der Waals surface area contributed by atoms with Gasteiger partial charge in [0.1, 0.15) is 5.75 Å². The number of methoxy groups -OCH3 is 1. The monoisotopic (exact) mass is 260 g/mol. The van der Waals surface area contributed by atoms with Crippen molar-refractivity contribution in [2.24, 2.45) is 5.41 Å². The van der Waals surface area contributed by atoms with Crippen molar-refractivity contribution in [1.82, 2.24) is 10.2 Å². The van der Waals surface area contributed by atoms with Crippen molar-refractivity contribution in [3.63, 3.8) is 0 Å². The van der Waals surface area contributed by atoms with Gasteiger partial charge in [-0.3, -0.25) is 0 Å². The molecule has 1 spiro atoms. The first-order chi connectivity index (χ1) is 9.25. The molecule has 1 aromatic rings. The fourth-order valence-corrected chi connectivity index (χ4v) is 3.79. The molecule has 0 bridgehead atoms. The molecule has 3 rings (SSSR count). The molecule has 1 aromatic carbocycles. The summed E-state index contributed by atoms with van der Waals surface area (Å²) in [6, 6.07) is 8.54. The number of benzene rings is 1. The van der Waals surface area contributed by atoms with E-state index >= 15 is 0 Å². The zero-order chi connectivity index (χ0) is 13.3. The Balaban J connectivity index is 1.91. The number of ether oxygens (including phenoxy) is 1. The molecule has 2 aliphatic heterocycles. The highest BCUT2D eigenvalue weighted by Gasteiger charge is 2.45. The van der Waals surface area contributed by atoms with Crippen LogP contribution in [0.1, 0.15) is 24.3 Å². The number of nitrogens with one attached hydrogen (secondary N) is 1. The minimum Gasteiger partial charge on any atom is -0.496 e. The lowest BCUT2D eigenvalue weighted by molar-refractivity contribution is 0.123. The fourth-order valence-electron chi connectivity index (χ4n) is 3.79. The molecule has 0 aliphatic carbocycles. The maximum absolute atomic E-state index is 5.57. The molecular weight excluding hydrogens is 236 g/mol. The Morgan fingerprint density at radius 1 is 1.26 bits per heavy atom. The van der Waals surface area contributed by atoms with Gasteiger partial charge in [0.2, 0.25) is 0 Å². The van der Waals surface area contributed by atoms with Crippen LogP contribution >= 0.6 is 0 Å². The number of likely N-dealkylation sites (tertiary alicyclic amines) is 1. The molecule has 0 amide bonds. The first-order valence-corrected chi connectivity index (χ1v) is 7.27. The summed E-state index contributed by atoms with van der Waals surface area (Å²) in [5.74, 6) is 1.65. The van der Waals surface area contributed by atoms with E-state index in [2.05, 4.69) is 41.5 Å². The number of hydrogen-bond donors (Lipinski definition) is 1. The summed E-state index contributed by atoms with van der Waals surface area (Å²) in [4.78, 5) is 2.45. The molecule has 0 saturated carbocycles. The minimum atomic E-state index is 0.432. The van der Waals surface area contributed by atoms with Gasteiger partial charge in [0.25, 0.3) is 0 Å². The van der Waals surface area contributed by atoms with Crippen molar-refractivity contribution < 1.29 is 4.74 Å². The molecule has 0 radical (unpaired) electrons. The highest BCUT2D eigenvalue weighted by Crippen LogP contribution is 2.48. The molecular formula is C16H24N2O. The first-order valence-electron chi connectivity index (χ1n) is 7.27. The zero-order valence-corrected chi connectivity index (χ0v) is 12.0. The summed E-state index contributed by atoms with van der Waals surface area (Å²) in [6.45, 7) is 4.67. The van der Waals surface area contributed by atoms with E-state index in [1.165, 1.54) is 31.5 Å². The molecule has 1 N–H and O–H groups in total. The Morgan fingerprint density at radius 2 is 2.00 bits per heavy atom. The summed E-state index contributed by atoms with van der Waals surface area (Å²) >= 11 is 0. The van der Waals surface area contributed by atoms with Gasteiger partial charge in [-0.15, -0.1) is 0 Å². The SMILES string of the molecule is COc1ccccc1C1CNCC12CCN(C)CC2. The number of piperidine rings is 1. The molecule has 2 saturated heterocycles. The average Bonchev–Trinajstić information content (AvgIpc) is 2.86. The second kappa shape index (κ2) is 5.14. The third kappa shape index (κ3) is 2.26. The molecule has 104 valence electrons. The minimum absolute atomic E-state index is 0.432. The van der Waals surface area contributed by atoms with E-state index in [4.69, 9.17) is 4.74 Å². The van der Waals surface area contributed by atoms with Gasteiger partial charge in [-0.25, -0.2) is 0 Å². The molecule has 2 fully saturated rings. The molecule has 0 aromatic heterocycles. The summed E-state index contributed by atoms with van der Waals surface area (Å²) < 4.78 is 5.57. The Morgan fingerprint density at radius 3 is 2.74 bits per heavy atom. The van der Waals surface area contributed by atoms with E-state index in [1.807, 2.05) is 0 Å². The predicted molar refractivity (Wildman–Crippen MR) is 77.8 cm³/mol. The predicted octanol–water partition coefficient (Wildman–Crippen LogP) is 2.09. The second-order valence-electron chi connectivity index (χ2n) is 6.09. The van der Waals surface area contributed by atoms with Crippen molar-refractivity contribution in [1.29, 1.82) is 0 Å². The maximum atomic E-state index is 5.57. The van der Waals surface area contributed by atoms with E-state index in [-0.39, 0.29) is 0 Å². The lowest BCUT2D eigenvalue weighted by Gasteiger charge is -2.42. The second-order valence-corrected chi connectivity index (χ2v) is 6.09. The maximum Gasteiger partial charge on any atom is 0.122 e. The van der Waals surface area contributed by atoms with Crippen molar-refractivity contribution in [3.05, 3.63) is 29.8 Å². The topological polar surface area (TPSA) is 24.5 Å². The number of nitrogens with zero attached hydrogens (tertiary/aromatic N) is 1. The van der Waals surface area contributed by atoms with Crippen LogP contribution in [0.5, 0.6) is 5.75 Å². The van der Waals surface area contributed by atoms with Gasteiger partial charge in [0, 0.05) is 19.0 Å². The van der Waals surface area contributed by atoms with Crippen molar-refractivity contribution in [3.8, 4) is 5.75 Å². The molecule has 19 heavy (non-hydrogen) atoms. The number of rotatable bonds is 2.